The highest BCUT2D eigenvalue weighted by molar-refractivity contribution is 9.10. The summed E-state index contributed by atoms with van der Waals surface area (Å²) in [6, 6.07) is 0. The Bertz CT molecular complexity index is 324. The fourth-order valence-electron chi connectivity index (χ4n) is 1.02. The molecule has 0 amide bonds. The van der Waals surface area contributed by atoms with Gasteiger partial charge in [0.15, 0.2) is 0 Å². The number of halogens is 8. The molecule has 0 aliphatic carbocycles. The molecule has 0 aliphatic rings. The monoisotopic (exact) mass is 348 g/mol. The SMILES string of the molecule is COC(=O)C(C)(Br)CC(F)(F)C(F)(F)C(F)(F)F. The molecule has 18 heavy (non-hydrogen) atoms. The lowest BCUT2D eigenvalue weighted by molar-refractivity contribution is -0.356. The number of methoxy groups -OCH3 is 1. The van der Waals surface area contributed by atoms with Crippen LogP contribution in [0.15, 0.2) is 0 Å². The van der Waals surface area contributed by atoms with Crippen LogP contribution in [-0.2, 0) is 9.53 Å². The van der Waals surface area contributed by atoms with Gasteiger partial charge in [-0.05, 0) is 6.92 Å². The lowest BCUT2D eigenvalue weighted by Gasteiger charge is -2.32. The molecular weight excluding hydrogens is 341 g/mol. The first-order valence-corrected chi connectivity index (χ1v) is 5.08. The van der Waals surface area contributed by atoms with Gasteiger partial charge in [-0.1, -0.05) is 15.9 Å². The molecule has 2 nitrogen and oxygen atoms in total. The van der Waals surface area contributed by atoms with Crippen molar-refractivity contribution in [1.82, 2.24) is 0 Å². The number of alkyl halides is 8. The molecule has 0 saturated heterocycles. The van der Waals surface area contributed by atoms with E-state index in [1.165, 1.54) is 0 Å². The Balaban J connectivity index is 5.25. The number of hydrogen-bond donors (Lipinski definition) is 0. The molecule has 0 rings (SSSR count). The number of hydrogen-bond acceptors (Lipinski definition) is 2. The second kappa shape index (κ2) is 4.86. The first-order valence-electron chi connectivity index (χ1n) is 4.29. The highest BCUT2D eigenvalue weighted by Gasteiger charge is 2.74. The van der Waals surface area contributed by atoms with Crippen LogP contribution in [0, 0.1) is 0 Å². The maximum atomic E-state index is 13.0. The van der Waals surface area contributed by atoms with Gasteiger partial charge in [0.05, 0.1) is 7.11 Å². The van der Waals surface area contributed by atoms with Gasteiger partial charge in [0.2, 0.25) is 0 Å². The average molecular weight is 349 g/mol. The van der Waals surface area contributed by atoms with Crippen LogP contribution in [0.4, 0.5) is 30.7 Å². The van der Waals surface area contributed by atoms with Gasteiger partial charge < -0.3 is 4.74 Å². The molecule has 0 radical (unpaired) electrons. The molecule has 0 heterocycles. The quantitative estimate of drug-likeness (QED) is 0.441. The second-order valence-electron chi connectivity index (χ2n) is 3.64. The van der Waals surface area contributed by atoms with Crippen molar-refractivity contribution in [1.29, 1.82) is 0 Å². The zero-order chi connectivity index (χ0) is 15.0. The molecule has 0 aromatic carbocycles. The Morgan fingerprint density at radius 2 is 1.50 bits per heavy atom. The lowest BCUT2D eigenvalue weighted by Crippen LogP contribution is -2.55. The Kier molecular flexibility index (Phi) is 4.71. The van der Waals surface area contributed by atoms with Crippen LogP contribution in [0.5, 0.6) is 0 Å². The van der Waals surface area contributed by atoms with Crippen molar-refractivity contribution < 1.29 is 40.3 Å². The minimum Gasteiger partial charge on any atom is -0.468 e. The largest absolute Gasteiger partial charge is 0.468 e. The van der Waals surface area contributed by atoms with Crippen LogP contribution in [0.3, 0.4) is 0 Å². The van der Waals surface area contributed by atoms with Crippen molar-refractivity contribution in [2.24, 2.45) is 0 Å². The summed E-state index contributed by atoms with van der Waals surface area (Å²) in [7, 11) is 0.780. The zero-order valence-electron chi connectivity index (χ0n) is 9.05. The molecule has 0 fully saturated rings. The van der Waals surface area contributed by atoms with Crippen LogP contribution < -0.4 is 0 Å². The summed E-state index contributed by atoms with van der Waals surface area (Å²) in [5.41, 5.74) is 0. The number of carbonyl (C=O) groups is 1. The van der Waals surface area contributed by atoms with Gasteiger partial charge in [0.25, 0.3) is 0 Å². The van der Waals surface area contributed by atoms with E-state index in [0.717, 1.165) is 7.11 Å². The third-order valence-corrected chi connectivity index (χ3v) is 2.58. The van der Waals surface area contributed by atoms with Gasteiger partial charge >= 0.3 is 24.0 Å². The highest BCUT2D eigenvalue weighted by atomic mass is 79.9. The van der Waals surface area contributed by atoms with Crippen LogP contribution >= 0.6 is 15.9 Å². The highest BCUT2D eigenvalue weighted by Crippen LogP contribution is 2.50. The van der Waals surface area contributed by atoms with Gasteiger partial charge in [-0.15, -0.1) is 0 Å². The van der Waals surface area contributed by atoms with Gasteiger partial charge in [0, 0.05) is 6.42 Å². The van der Waals surface area contributed by atoms with Crippen molar-refractivity contribution in [2.45, 2.75) is 35.7 Å². The summed E-state index contributed by atoms with van der Waals surface area (Å²) in [6.07, 6.45) is -8.49. The van der Waals surface area contributed by atoms with Crippen LogP contribution in [0.1, 0.15) is 13.3 Å². The van der Waals surface area contributed by atoms with Crippen molar-refractivity contribution in [2.75, 3.05) is 7.11 Å². The van der Waals surface area contributed by atoms with Gasteiger partial charge in [-0.3, -0.25) is 4.79 Å². The van der Waals surface area contributed by atoms with Gasteiger partial charge in [-0.25, -0.2) is 0 Å². The Morgan fingerprint density at radius 1 is 1.11 bits per heavy atom. The maximum absolute atomic E-state index is 13.0. The maximum Gasteiger partial charge on any atom is 0.459 e. The van der Waals surface area contributed by atoms with Crippen molar-refractivity contribution in [3.8, 4) is 0 Å². The van der Waals surface area contributed by atoms with E-state index in [-0.39, 0.29) is 0 Å². The molecule has 1 unspecified atom stereocenters. The molecule has 0 N–H and O–H groups in total. The topological polar surface area (TPSA) is 26.3 Å². The standard InChI is InChI=1S/C8H8BrF7O2/c1-5(9,4(17)18-2)3-6(10,11)7(12,13)8(14,15)16/h3H2,1-2H3. The fourth-order valence-corrected chi connectivity index (χ4v) is 1.53. The Morgan fingerprint density at radius 3 is 1.78 bits per heavy atom. The predicted octanol–water partition coefficient (Wildman–Crippen LogP) is 3.54. The van der Waals surface area contributed by atoms with E-state index in [1.54, 1.807) is 0 Å². The predicted molar refractivity (Wildman–Crippen MR) is 49.9 cm³/mol. The lowest BCUT2D eigenvalue weighted by atomic mass is 9.98. The summed E-state index contributed by atoms with van der Waals surface area (Å²) in [5, 5.41) is 0. The Hall–Kier alpha value is -0.540. The van der Waals surface area contributed by atoms with Crippen molar-refractivity contribution in [3.05, 3.63) is 0 Å². The summed E-state index contributed by atoms with van der Waals surface area (Å²) >= 11 is 2.35. The minimum atomic E-state index is -6.42. The van der Waals surface area contributed by atoms with Crippen molar-refractivity contribution >= 4 is 21.9 Å². The summed E-state index contributed by atoms with van der Waals surface area (Å²) < 4.78 is 88.2. The van der Waals surface area contributed by atoms with E-state index in [1.807, 2.05) is 0 Å². The van der Waals surface area contributed by atoms with E-state index >= 15 is 0 Å². The van der Waals surface area contributed by atoms with Crippen molar-refractivity contribution in [3.63, 3.8) is 0 Å². The molecule has 108 valence electrons. The number of rotatable bonds is 4. The Labute approximate surface area is 106 Å². The van der Waals surface area contributed by atoms with E-state index < -0.39 is 34.7 Å². The van der Waals surface area contributed by atoms with Gasteiger partial charge in [0.1, 0.15) is 4.32 Å². The summed E-state index contributed by atoms with van der Waals surface area (Å²) in [5.74, 6) is -13.1. The number of ether oxygens (including phenoxy) is 1. The van der Waals surface area contributed by atoms with E-state index in [2.05, 4.69) is 20.7 Å². The van der Waals surface area contributed by atoms with Crippen LogP contribution in [-0.4, -0.2) is 35.4 Å². The third kappa shape index (κ3) is 3.27. The molecule has 0 saturated carbocycles. The van der Waals surface area contributed by atoms with E-state index in [0.29, 0.717) is 6.92 Å². The molecular formula is C8H8BrF7O2. The van der Waals surface area contributed by atoms with Crippen LogP contribution in [0.2, 0.25) is 0 Å². The van der Waals surface area contributed by atoms with Gasteiger partial charge in [-0.2, -0.15) is 30.7 Å². The van der Waals surface area contributed by atoms with E-state index in [4.69, 9.17) is 0 Å². The zero-order valence-corrected chi connectivity index (χ0v) is 10.6. The number of carbonyl (C=O) groups excluding carboxylic acids is 1. The minimum absolute atomic E-state index is 0.708. The second-order valence-corrected chi connectivity index (χ2v) is 5.39. The first kappa shape index (κ1) is 17.5. The third-order valence-electron chi connectivity index (χ3n) is 1.98. The molecule has 0 aromatic heterocycles. The molecule has 0 spiro atoms. The van der Waals surface area contributed by atoms with Crippen LogP contribution in [0.25, 0.3) is 0 Å². The molecule has 0 aromatic rings. The molecule has 10 heteroatoms. The first-order chi connectivity index (χ1) is 7.69. The smallest absolute Gasteiger partial charge is 0.459 e. The number of esters is 1. The molecule has 1 atom stereocenters. The normalized spacial score (nSPS) is 17.2. The molecule has 0 bridgehead atoms. The molecule has 0 aliphatic heterocycles. The fraction of sp³-hybridized carbons (Fsp3) is 0.875. The summed E-state index contributed by atoms with van der Waals surface area (Å²) in [4.78, 5) is 11.0. The average Bonchev–Trinajstić information content (AvgIpc) is 2.12. The van der Waals surface area contributed by atoms with E-state index in [9.17, 15) is 35.5 Å². The summed E-state index contributed by atoms with van der Waals surface area (Å²) in [6.45, 7) is 0.708.